The number of furan rings is 1. The van der Waals surface area contributed by atoms with Gasteiger partial charge >= 0.3 is 0 Å². The maximum atomic E-state index is 14.1. The Morgan fingerprint density at radius 1 is 1.37 bits per heavy atom. The van der Waals surface area contributed by atoms with Crippen LogP contribution in [0, 0.1) is 12.7 Å². The summed E-state index contributed by atoms with van der Waals surface area (Å²) < 4.78 is 19.3. The number of aryl methyl sites for hydroxylation is 1. The van der Waals surface area contributed by atoms with Crippen molar-refractivity contribution >= 4 is 5.69 Å². The molecule has 1 heterocycles. The fourth-order valence-corrected chi connectivity index (χ4v) is 2.21. The van der Waals surface area contributed by atoms with Gasteiger partial charge in [0, 0.05) is 25.2 Å². The smallest absolute Gasteiger partial charge is 0.146 e. The molecule has 0 aliphatic heterocycles. The van der Waals surface area contributed by atoms with E-state index >= 15 is 0 Å². The SMILES string of the molecule is Cc1occc1CN(C)c1c(F)cccc1C(C)N. The van der Waals surface area contributed by atoms with E-state index in [0.29, 0.717) is 12.2 Å². The summed E-state index contributed by atoms with van der Waals surface area (Å²) in [7, 11) is 1.86. The molecule has 0 saturated heterocycles. The summed E-state index contributed by atoms with van der Waals surface area (Å²) in [4.78, 5) is 1.87. The van der Waals surface area contributed by atoms with Gasteiger partial charge in [-0.2, -0.15) is 0 Å². The fraction of sp³-hybridized carbons (Fsp3) is 0.333. The quantitative estimate of drug-likeness (QED) is 0.918. The standard InChI is InChI=1S/C15H19FN2O/c1-10(17)13-5-4-6-14(16)15(13)18(3)9-12-7-8-19-11(12)2/h4-8,10H,9,17H2,1-3H3. The molecule has 0 aliphatic rings. The van der Waals surface area contributed by atoms with Crippen LogP contribution in [0.15, 0.2) is 34.9 Å². The van der Waals surface area contributed by atoms with Crippen molar-refractivity contribution in [2.24, 2.45) is 5.73 Å². The Bertz CT molecular complexity index is 563. The molecule has 1 aromatic heterocycles. The molecule has 3 nitrogen and oxygen atoms in total. The highest BCUT2D eigenvalue weighted by atomic mass is 19.1. The van der Waals surface area contributed by atoms with Gasteiger partial charge in [0.25, 0.3) is 0 Å². The van der Waals surface area contributed by atoms with Gasteiger partial charge in [-0.25, -0.2) is 4.39 Å². The van der Waals surface area contributed by atoms with E-state index in [2.05, 4.69) is 0 Å². The molecule has 102 valence electrons. The molecule has 0 saturated carbocycles. The first kappa shape index (κ1) is 13.6. The molecule has 2 rings (SSSR count). The summed E-state index contributed by atoms with van der Waals surface area (Å²) in [6.07, 6.45) is 1.65. The number of hydrogen-bond donors (Lipinski definition) is 1. The van der Waals surface area contributed by atoms with Crippen LogP contribution in [0.5, 0.6) is 0 Å². The van der Waals surface area contributed by atoms with Gasteiger partial charge in [-0.05, 0) is 31.5 Å². The van der Waals surface area contributed by atoms with Crippen LogP contribution in [0.25, 0.3) is 0 Å². The number of anilines is 1. The van der Waals surface area contributed by atoms with Crippen LogP contribution in [-0.2, 0) is 6.54 Å². The number of nitrogens with two attached hydrogens (primary N) is 1. The minimum Gasteiger partial charge on any atom is -0.469 e. The zero-order valence-electron chi connectivity index (χ0n) is 11.5. The minimum absolute atomic E-state index is 0.210. The Morgan fingerprint density at radius 3 is 2.68 bits per heavy atom. The third kappa shape index (κ3) is 2.79. The van der Waals surface area contributed by atoms with Crippen LogP contribution in [0.4, 0.5) is 10.1 Å². The van der Waals surface area contributed by atoms with Crippen LogP contribution in [0.3, 0.4) is 0 Å². The van der Waals surface area contributed by atoms with Crippen molar-refractivity contribution in [3.8, 4) is 0 Å². The Balaban J connectivity index is 2.33. The summed E-state index contributed by atoms with van der Waals surface area (Å²) >= 11 is 0. The van der Waals surface area contributed by atoms with Gasteiger partial charge in [0.1, 0.15) is 11.6 Å². The van der Waals surface area contributed by atoms with E-state index in [4.69, 9.17) is 10.2 Å². The second-order valence-corrected chi connectivity index (χ2v) is 4.82. The molecule has 0 spiro atoms. The predicted octanol–water partition coefficient (Wildman–Crippen LogP) is 3.38. The van der Waals surface area contributed by atoms with E-state index in [1.807, 2.05) is 37.9 Å². The number of halogens is 1. The molecule has 0 bridgehead atoms. The molecule has 1 unspecified atom stereocenters. The van der Waals surface area contributed by atoms with E-state index in [1.165, 1.54) is 6.07 Å². The lowest BCUT2D eigenvalue weighted by Gasteiger charge is -2.24. The number of nitrogens with zero attached hydrogens (tertiary/aromatic N) is 1. The summed E-state index contributed by atoms with van der Waals surface area (Å²) in [5.74, 6) is 0.601. The average Bonchev–Trinajstić information content (AvgIpc) is 2.74. The summed E-state index contributed by atoms with van der Waals surface area (Å²) in [6, 6.07) is 6.70. The maximum absolute atomic E-state index is 14.1. The van der Waals surface area contributed by atoms with Crippen molar-refractivity contribution in [2.45, 2.75) is 26.4 Å². The highest BCUT2D eigenvalue weighted by Crippen LogP contribution is 2.29. The lowest BCUT2D eigenvalue weighted by atomic mass is 10.1. The molecule has 4 heteroatoms. The first-order valence-corrected chi connectivity index (χ1v) is 6.28. The summed E-state index contributed by atoms with van der Waals surface area (Å²) in [5, 5.41) is 0. The third-order valence-electron chi connectivity index (χ3n) is 3.26. The second kappa shape index (κ2) is 5.45. The Hall–Kier alpha value is -1.81. The van der Waals surface area contributed by atoms with Crippen LogP contribution < -0.4 is 10.6 Å². The maximum Gasteiger partial charge on any atom is 0.146 e. The largest absolute Gasteiger partial charge is 0.469 e. The molecule has 0 aliphatic carbocycles. The van der Waals surface area contributed by atoms with Gasteiger partial charge < -0.3 is 15.1 Å². The molecule has 0 radical (unpaired) electrons. The van der Waals surface area contributed by atoms with Crippen LogP contribution in [-0.4, -0.2) is 7.05 Å². The van der Waals surface area contributed by atoms with Gasteiger partial charge in [-0.3, -0.25) is 0 Å². The third-order valence-corrected chi connectivity index (χ3v) is 3.26. The zero-order chi connectivity index (χ0) is 14.0. The van der Waals surface area contributed by atoms with E-state index in [9.17, 15) is 4.39 Å². The first-order valence-electron chi connectivity index (χ1n) is 6.28. The molecular weight excluding hydrogens is 243 g/mol. The van der Waals surface area contributed by atoms with Crippen molar-refractivity contribution < 1.29 is 8.81 Å². The lowest BCUT2D eigenvalue weighted by molar-refractivity contribution is 0.529. The topological polar surface area (TPSA) is 42.4 Å². The highest BCUT2D eigenvalue weighted by molar-refractivity contribution is 5.56. The van der Waals surface area contributed by atoms with E-state index in [0.717, 1.165) is 16.9 Å². The van der Waals surface area contributed by atoms with Gasteiger partial charge in [-0.15, -0.1) is 0 Å². The number of hydrogen-bond acceptors (Lipinski definition) is 3. The fourth-order valence-electron chi connectivity index (χ4n) is 2.21. The summed E-state index contributed by atoms with van der Waals surface area (Å²) in [5.41, 5.74) is 8.32. The van der Waals surface area contributed by atoms with E-state index in [1.54, 1.807) is 12.3 Å². The van der Waals surface area contributed by atoms with Crippen molar-refractivity contribution in [3.05, 3.63) is 53.2 Å². The number of rotatable bonds is 4. The van der Waals surface area contributed by atoms with E-state index in [-0.39, 0.29) is 11.9 Å². The molecular formula is C15H19FN2O. The van der Waals surface area contributed by atoms with Crippen molar-refractivity contribution in [1.29, 1.82) is 0 Å². The highest BCUT2D eigenvalue weighted by Gasteiger charge is 2.16. The lowest BCUT2D eigenvalue weighted by Crippen LogP contribution is -2.21. The second-order valence-electron chi connectivity index (χ2n) is 4.82. The van der Waals surface area contributed by atoms with Crippen LogP contribution in [0.1, 0.15) is 29.9 Å². The minimum atomic E-state index is -0.251. The molecule has 0 amide bonds. The molecule has 2 N–H and O–H groups in total. The van der Waals surface area contributed by atoms with Gasteiger partial charge in [0.05, 0.1) is 12.0 Å². The zero-order valence-corrected chi connectivity index (χ0v) is 11.5. The normalized spacial score (nSPS) is 12.5. The molecule has 1 aromatic carbocycles. The van der Waals surface area contributed by atoms with Crippen molar-refractivity contribution in [3.63, 3.8) is 0 Å². The monoisotopic (exact) mass is 262 g/mol. The Morgan fingerprint density at radius 2 is 2.11 bits per heavy atom. The Labute approximate surface area is 112 Å². The Kier molecular flexibility index (Phi) is 3.90. The first-order chi connectivity index (χ1) is 9.00. The van der Waals surface area contributed by atoms with Crippen LogP contribution in [0.2, 0.25) is 0 Å². The van der Waals surface area contributed by atoms with Gasteiger partial charge in [-0.1, -0.05) is 12.1 Å². The van der Waals surface area contributed by atoms with Gasteiger partial charge in [0.15, 0.2) is 0 Å². The number of benzene rings is 1. The number of para-hydroxylation sites is 1. The van der Waals surface area contributed by atoms with E-state index < -0.39 is 0 Å². The van der Waals surface area contributed by atoms with Crippen LogP contribution >= 0.6 is 0 Å². The predicted molar refractivity (Wildman–Crippen MR) is 74.6 cm³/mol. The van der Waals surface area contributed by atoms with Crippen molar-refractivity contribution in [1.82, 2.24) is 0 Å². The molecule has 0 fully saturated rings. The van der Waals surface area contributed by atoms with Gasteiger partial charge in [0.2, 0.25) is 0 Å². The molecule has 2 aromatic rings. The summed E-state index contributed by atoms with van der Waals surface area (Å²) in [6.45, 7) is 4.34. The molecule has 19 heavy (non-hydrogen) atoms. The average molecular weight is 262 g/mol. The molecule has 1 atom stereocenters. The van der Waals surface area contributed by atoms with Crippen molar-refractivity contribution in [2.75, 3.05) is 11.9 Å².